The molecule has 2 aliphatic heterocycles. The van der Waals surface area contributed by atoms with Crippen molar-refractivity contribution < 1.29 is 4.79 Å². The van der Waals surface area contributed by atoms with Gasteiger partial charge in [0, 0.05) is 38.3 Å². The average Bonchev–Trinajstić information content (AvgIpc) is 3.30. The topological polar surface area (TPSA) is 57.1 Å². The molecule has 0 aromatic heterocycles. The van der Waals surface area contributed by atoms with Crippen LogP contribution in [0.2, 0.25) is 0 Å². The Kier molecular flexibility index (Phi) is 5.96. The predicted molar refractivity (Wildman–Crippen MR) is 87.3 cm³/mol. The molecule has 5 nitrogen and oxygen atoms in total. The van der Waals surface area contributed by atoms with E-state index in [-0.39, 0.29) is 11.6 Å². The highest BCUT2D eigenvalue weighted by atomic mass is 16.1. The van der Waals surface area contributed by atoms with E-state index in [1.54, 1.807) is 0 Å². The van der Waals surface area contributed by atoms with Gasteiger partial charge in [0.05, 0.1) is 0 Å². The lowest BCUT2D eigenvalue weighted by Gasteiger charge is -2.35. The van der Waals surface area contributed by atoms with E-state index in [1.165, 1.54) is 12.8 Å². The molecule has 0 radical (unpaired) electrons. The number of likely N-dealkylation sites (tertiary alicyclic amines) is 1. The Bertz CT molecular complexity index is 440. The first kappa shape index (κ1) is 17.0. The summed E-state index contributed by atoms with van der Waals surface area (Å²) in [6.45, 7) is 7.51. The summed E-state index contributed by atoms with van der Waals surface area (Å²) >= 11 is 0. The van der Waals surface area contributed by atoms with E-state index < -0.39 is 0 Å². The largest absolute Gasteiger partial charge is 0.355 e. The molecule has 1 unspecified atom stereocenters. The van der Waals surface area contributed by atoms with Gasteiger partial charge in [-0.3, -0.25) is 9.69 Å². The van der Waals surface area contributed by atoms with Gasteiger partial charge in [-0.1, -0.05) is 6.92 Å². The second kappa shape index (κ2) is 7.73. The lowest BCUT2D eigenvalue weighted by molar-refractivity contribution is -0.121. The summed E-state index contributed by atoms with van der Waals surface area (Å²) in [5, 5.41) is 11.2. The molecular weight excluding hydrogens is 276 g/mol. The van der Waals surface area contributed by atoms with Crippen molar-refractivity contribution >= 4 is 5.91 Å². The van der Waals surface area contributed by atoms with Crippen LogP contribution in [-0.4, -0.2) is 42.1 Å². The van der Waals surface area contributed by atoms with Gasteiger partial charge in [0.2, 0.25) is 5.91 Å². The molecule has 1 amide bonds. The number of nitrogens with zero attached hydrogens (tertiary/aromatic N) is 3. The van der Waals surface area contributed by atoms with Crippen molar-refractivity contribution in [1.29, 1.82) is 0 Å². The fraction of sp³-hybridized carbons (Fsp3) is 0.824. The average molecular weight is 304 g/mol. The standard InChI is InChI=1S/C17H28N4O/c1-4-5-9-17(19-20-17)10-6-16(22)18-13-15(3)21-11-7-14(2)8-12-21/h1,14-15H,5-13H2,2-3H3,(H,18,22). The van der Waals surface area contributed by atoms with Crippen molar-refractivity contribution in [3.05, 3.63) is 0 Å². The van der Waals surface area contributed by atoms with Crippen molar-refractivity contribution in [2.45, 2.75) is 64.1 Å². The van der Waals surface area contributed by atoms with E-state index >= 15 is 0 Å². The molecule has 0 aromatic carbocycles. The van der Waals surface area contributed by atoms with Crippen LogP contribution in [0.5, 0.6) is 0 Å². The number of hydrogen-bond acceptors (Lipinski definition) is 4. The third-order valence-electron chi connectivity index (χ3n) is 4.84. The Morgan fingerprint density at radius 1 is 1.41 bits per heavy atom. The third kappa shape index (κ3) is 5.10. The molecule has 2 aliphatic rings. The molecule has 1 atom stereocenters. The monoisotopic (exact) mass is 304 g/mol. The van der Waals surface area contributed by atoms with Crippen molar-refractivity contribution in [2.24, 2.45) is 16.1 Å². The normalized spacial score (nSPS) is 22.0. The maximum Gasteiger partial charge on any atom is 0.220 e. The minimum atomic E-state index is -0.349. The van der Waals surface area contributed by atoms with Crippen LogP contribution < -0.4 is 5.32 Å². The first-order valence-electron chi connectivity index (χ1n) is 8.43. The number of rotatable bonds is 8. The number of carbonyl (C=O) groups excluding carboxylic acids is 1. The van der Waals surface area contributed by atoms with Crippen LogP contribution in [0, 0.1) is 18.3 Å². The van der Waals surface area contributed by atoms with Gasteiger partial charge in [-0.15, -0.1) is 12.3 Å². The highest BCUT2D eigenvalue weighted by Crippen LogP contribution is 2.37. The lowest BCUT2D eigenvalue weighted by Crippen LogP contribution is -2.45. The molecule has 0 aromatic rings. The van der Waals surface area contributed by atoms with Gasteiger partial charge >= 0.3 is 0 Å². The Morgan fingerprint density at radius 3 is 2.68 bits per heavy atom. The summed E-state index contributed by atoms with van der Waals surface area (Å²) in [4.78, 5) is 14.4. The highest BCUT2D eigenvalue weighted by molar-refractivity contribution is 5.76. The quantitative estimate of drug-likeness (QED) is 0.701. The minimum Gasteiger partial charge on any atom is -0.355 e. The van der Waals surface area contributed by atoms with Crippen molar-refractivity contribution in [3.63, 3.8) is 0 Å². The lowest BCUT2D eigenvalue weighted by atomic mass is 9.98. The van der Waals surface area contributed by atoms with Gasteiger partial charge in [-0.2, -0.15) is 10.2 Å². The number of terminal acetylenes is 1. The molecule has 2 heterocycles. The summed E-state index contributed by atoms with van der Waals surface area (Å²) in [5.41, 5.74) is -0.349. The van der Waals surface area contributed by atoms with Crippen molar-refractivity contribution in [2.75, 3.05) is 19.6 Å². The maximum absolute atomic E-state index is 12.0. The van der Waals surface area contributed by atoms with E-state index in [4.69, 9.17) is 6.42 Å². The fourth-order valence-electron chi connectivity index (χ4n) is 2.93. The van der Waals surface area contributed by atoms with Crippen LogP contribution in [0.25, 0.3) is 0 Å². The molecule has 22 heavy (non-hydrogen) atoms. The molecular formula is C17H28N4O. The zero-order valence-electron chi connectivity index (χ0n) is 13.8. The molecule has 1 fully saturated rings. The Balaban J connectivity index is 1.60. The number of amides is 1. The van der Waals surface area contributed by atoms with Crippen molar-refractivity contribution in [3.8, 4) is 12.3 Å². The molecule has 0 aliphatic carbocycles. The van der Waals surface area contributed by atoms with E-state index in [1.807, 2.05) is 0 Å². The van der Waals surface area contributed by atoms with Gasteiger partial charge in [-0.25, -0.2) is 0 Å². The molecule has 1 N–H and O–H groups in total. The summed E-state index contributed by atoms with van der Waals surface area (Å²) in [7, 11) is 0. The zero-order chi connectivity index (χ0) is 16.0. The van der Waals surface area contributed by atoms with Gasteiger partial charge in [0.15, 0.2) is 5.66 Å². The Hall–Kier alpha value is -1.41. The number of piperidine rings is 1. The molecule has 122 valence electrons. The third-order valence-corrected chi connectivity index (χ3v) is 4.84. The first-order valence-corrected chi connectivity index (χ1v) is 8.43. The first-order chi connectivity index (χ1) is 10.5. The van der Waals surface area contributed by atoms with E-state index in [9.17, 15) is 4.79 Å². The molecule has 0 saturated carbocycles. The molecule has 2 rings (SSSR count). The second-order valence-corrected chi connectivity index (χ2v) is 6.76. The smallest absolute Gasteiger partial charge is 0.220 e. The van der Waals surface area contributed by atoms with Crippen LogP contribution >= 0.6 is 0 Å². The fourth-order valence-corrected chi connectivity index (χ4v) is 2.93. The van der Waals surface area contributed by atoms with Gasteiger partial charge < -0.3 is 5.32 Å². The maximum atomic E-state index is 12.0. The number of nitrogens with one attached hydrogen (secondary N) is 1. The molecule has 5 heteroatoms. The second-order valence-electron chi connectivity index (χ2n) is 6.76. The zero-order valence-corrected chi connectivity index (χ0v) is 13.8. The summed E-state index contributed by atoms with van der Waals surface area (Å²) in [6.07, 6.45) is 10.4. The molecule has 0 spiro atoms. The summed E-state index contributed by atoms with van der Waals surface area (Å²) in [6, 6.07) is 0.405. The molecule has 1 saturated heterocycles. The van der Waals surface area contributed by atoms with Crippen LogP contribution in [0.4, 0.5) is 0 Å². The van der Waals surface area contributed by atoms with Crippen LogP contribution in [-0.2, 0) is 4.79 Å². The Morgan fingerprint density at radius 2 is 2.09 bits per heavy atom. The Labute approximate surface area is 133 Å². The highest BCUT2D eigenvalue weighted by Gasteiger charge is 2.39. The minimum absolute atomic E-state index is 0.0922. The number of hydrogen-bond donors (Lipinski definition) is 1. The predicted octanol–water partition coefficient (Wildman–Crippen LogP) is 2.58. The van der Waals surface area contributed by atoms with Crippen LogP contribution in [0.15, 0.2) is 10.2 Å². The summed E-state index contributed by atoms with van der Waals surface area (Å²) in [5.74, 6) is 3.53. The van der Waals surface area contributed by atoms with Gasteiger partial charge in [0.1, 0.15) is 0 Å². The van der Waals surface area contributed by atoms with Crippen LogP contribution in [0.3, 0.4) is 0 Å². The molecule has 0 bridgehead atoms. The van der Waals surface area contributed by atoms with E-state index in [2.05, 4.69) is 40.2 Å². The van der Waals surface area contributed by atoms with Crippen molar-refractivity contribution in [1.82, 2.24) is 10.2 Å². The SMILES string of the molecule is C#CCCC1(CCC(=O)NCC(C)N2CCC(C)CC2)N=N1. The number of carbonyl (C=O) groups is 1. The van der Waals surface area contributed by atoms with Gasteiger partial charge in [-0.05, 0) is 38.8 Å². The van der Waals surface area contributed by atoms with Gasteiger partial charge in [0.25, 0.3) is 0 Å². The summed E-state index contributed by atoms with van der Waals surface area (Å²) < 4.78 is 0. The van der Waals surface area contributed by atoms with E-state index in [0.29, 0.717) is 25.3 Å². The van der Waals surface area contributed by atoms with Crippen LogP contribution in [0.1, 0.15) is 52.4 Å². The van der Waals surface area contributed by atoms with E-state index in [0.717, 1.165) is 32.0 Å².